The molecule has 0 aliphatic carbocycles. The lowest BCUT2D eigenvalue weighted by Gasteiger charge is -2.09. The van der Waals surface area contributed by atoms with Crippen molar-refractivity contribution in [2.24, 2.45) is 0 Å². The van der Waals surface area contributed by atoms with Gasteiger partial charge in [-0.05, 0) is 42.3 Å². The van der Waals surface area contributed by atoms with E-state index in [9.17, 15) is 18.5 Å². The molecule has 3 aromatic rings. The highest BCUT2D eigenvalue weighted by Gasteiger charge is 2.18. The van der Waals surface area contributed by atoms with E-state index in [1.54, 1.807) is 10.9 Å². The monoisotopic (exact) mass is 386 g/mol. The molecule has 1 N–H and O–H groups in total. The highest BCUT2D eigenvalue weighted by molar-refractivity contribution is 7.90. The van der Waals surface area contributed by atoms with Gasteiger partial charge >= 0.3 is 0 Å². The summed E-state index contributed by atoms with van der Waals surface area (Å²) in [6.07, 6.45) is 5.24. The first kappa shape index (κ1) is 18.6. The summed E-state index contributed by atoms with van der Waals surface area (Å²) in [5.74, 6) is 0. The Morgan fingerprint density at radius 3 is 2.52 bits per heavy atom. The van der Waals surface area contributed by atoms with E-state index >= 15 is 0 Å². The first-order valence-electron chi connectivity index (χ1n) is 8.16. The fourth-order valence-corrected chi connectivity index (χ4v) is 3.26. The largest absolute Gasteiger partial charge is 0.379 e. The number of nitro groups is 1. The van der Waals surface area contributed by atoms with E-state index in [0.717, 1.165) is 23.6 Å². The summed E-state index contributed by atoms with van der Waals surface area (Å²) in [7, 11) is -3.50. The third-order valence-electron chi connectivity index (χ3n) is 4.03. The first-order chi connectivity index (χ1) is 12.8. The molecule has 0 aliphatic rings. The molecule has 0 saturated carbocycles. The summed E-state index contributed by atoms with van der Waals surface area (Å²) >= 11 is 0. The molecule has 0 fully saturated rings. The van der Waals surface area contributed by atoms with Crippen molar-refractivity contribution in [2.75, 3.05) is 18.1 Å². The molecule has 9 heteroatoms. The van der Waals surface area contributed by atoms with Crippen molar-refractivity contribution >= 4 is 21.2 Å². The smallest absolute Gasteiger partial charge is 0.293 e. The molecule has 0 saturated heterocycles. The number of benzene rings is 2. The lowest BCUT2D eigenvalue weighted by Crippen LogP contribution is -2.08. The van der Waals surface area contributed by atoms with Crippen molar-refractivity contribution in [3.05, 3.63) is 76.6 Å². The number of aromatic nitrogens is 2. The van der Waals surface area contributed by atoms with Crippen LogP contribution in [0.1, 0.15) is 5.56 Å². The zero-order chi connectivity index (χ0) is 19.4. The number of hydrogen-bond acceptors (Lipinski definition) is 6. The molecule has 1 heterocycles. The Morgan fingerprint density at radius 2 is 1.93 bits per heavy atom. The fraction of sp³-hybridized carbons (Fsp3) is 0.167. The lowest BCUT2D eigenvalue weighted by atomic mass is 10.1. The molecule has 27 heavy (non-hydrogen) atoms. The van der Waals surface area contributed by atoms with Crippen LogP contribution in [0, 0.1) is 10.1 Å². The Kier molecular flexibility index (Phi) is 5.22. The second kappa shape index (κ2) is 7.58. The number of sulfone groups is 1. The molecule has 8 nitrogen and oxygen atoms in total. The number of rotatable bonds is 7. The van der Waals surface area contributed by atoms with E-state index in [4.69, 9.17) is 0 Å². The molecule has 140 valence electrons. The minimum atomic E-state index is -3.50. The van der Waals surface area contributed by atoms with E-state index in [1.807, 2.05) is 36.5 Å². The molecule has 0 atom stereocenters. The summed E-state index contributed by atoms with van der Waals surface area (Å²) in [5, 5.41) is 18.4. The van der Waals surface area contributed by atoms with Gasteiger partial charge in [0.2, 0.25) is 0 Å². The minimum absolute atomic E-state index is 0.0750. The minimum Gasteiger partial charge on any atom is -0.379 e. The quantitative estimate of drug-likeness (QED) is 0.494. The first-order valence-corrected chi connectivity index (χ1v) is 10.0. The van der Waals surface area contributed by atoms with Crippen molar-refractivity contribution in [2.45, 2.75) is 11.3 Å². The standard InChI is InChI=1S/C18H18N4O4S/c1-27(25,26)16-7-8-17(18(13-16)22(23)24)19-11-9-14-3-5-15(6-4-14)21-12-2-10-20-21/h2-8,10,12-13,19H,9,11H2,1H3. The van der Waals surface area contributed by atoms with E-state index < -0.39 is 14.8 Å². The molecule has 0 radical (unpaired) electrons. The van der Waals surface area contributed by atoms with Crippen LogP contribution in [0.5, 0.6) is 0 Å². The SMILES string of the molecule is CS(=O)(=O)c1ccc(NCCc2ccc(-n3cccn3)cc2)c([N+](=O)[O-])c1. The summed E-state index contributed by atoms with van der Waals surface area (Å²) in [5.41, 5.74) is 2.05. The van der Waals surface area contributed by atoms with Crippen LogP contribution in [0.4, 0.5) is 11.4 Å². The maximum absolute atomic E-state index is 11.6. The number of nitrogens with one attached hydrogen (secondary N) is 1. The Balaban J connectivity index is 1.67. The van der Waals surface area contributed by atoms with Gasteiger partial charge < -0.3 is 5.32 Å². The van der Waals surface area contributed by atoms with Gasteiger partial charge in [-0.3, -0.25) is 10.1 Å². The predicted molar refractivity (Wildman–Crippen MR) is 102 cm³/mol. The van der Waals surface area contributed by atoms with E-state index in [0.29, 0.717) is 18.7 Å². The van der Waals surface area contributed by atoms with Gasteiger partial charge in [0.05, 0.1) is 15.5 Å². The Bertz CT molecular complexity index is 1050. The van der Waals surface area contributed by atoms with Crippen LogP contribution in [0.25, 0.3) is 5.69 Å². The average molecular weight is 386 g/mol. The highest BCUT2D eigenvalue weighted by atomic mass is 32.2. The number of anilines is 1. The van der Waals surface area contributed by atoms with E-state index in [1.165, 1.54) is 12.1 Å². The fourth-order valence-electron chi connectivity index (χ4n) is 2.62. The van der Waals surface area contributed by atoms with Gasteiger partial charge in [0.15, 0.2) is 9.84 Å². The van der Waals surface area contributed by atoms with Gasteiger partial charge in [0, 0.05) is 31.3 Å². The highest BCUT2D eigenvalue weighted by Crippen LogP contribution is 2.27. The maximum atomic E-state index is 11.6. The van der Waals surface area contributed by atoms with Gasteiger partial charge in [0.25, 0.3) is 5.69 Å². The van der Waals surface area contributed by atoms with Crippen molar-refractivity contribution in [3.8, 4) is 5.69 Å². The maximum Gasteiger partial charge on any atom is 0.293 e. The molecule has 0 spiro atoms. The summed E-state index contributed by atoms with van der Waals surface area (Å²) in [6, 6.07) is 13.6. The number of hydrogen-bond donors (Lipinski definition) is 1. The summed E-state index contributed by atoms with van der Waals surface area (Å²) in [6.45, 7) is 0.472. The lowest BCUT2D eigenvalue weighted by molar-refractivity contribution is -0.384. The zero-order valence-corrected chi connectivity index (χ0v) is 15.4. The molecule has 1 aromatic heterocycles. The summed E-state index contributed by atoms with van der Waals surface area (Å²) < 4.78 is 24.9. The number of nitrogens with zero attached hydrogens (tertiary/aromatic N) is 3. The van der Waals surface area contributed by atoms with Crippen molar-refractivity contribution in [3.63, 3.8) is 0 Å². The molecule has 0 unspecified atom stereocenters. The normalized spacial score (nSPS) is 11.3. The molecule has 0 amide bonds. The third kappa shape index (κ3) is 4.50. The van der Waals surface area contributed by atoms with Gasteiger partial charge in [-0.15, -0.1) is 0 Å². The zero-order valence-electron chi connectivity index (χ0n) is 14.6. The van der Waals surface area contributed by atoms with Crippen LogP contribution in [-0.4, -0.2) is 35.9 Å². The van der Waals surface area contributed by atoms with Crippen molar-refractivity contribution in [1.82, 2.24) is 9.78 Å². The van der Waals surface area contributed by atoms with Gasteiger partial charge in [0.1, 0.15) is 5.69 Å². The molecular weight excluding hydrogens is 368 g/mol. The average Bonchev–Trinajstić information content (AvgIpc) is 3.16. The molecule has 0 bridgehead atoms. The van der Waals surface area contributed by atoms with Gasteiger partial charge in [-0.2, -0.15) is 5.10 Å². The van der Waals surface area contributed by atoms with Crippen LogP contribution in [0.3, 0.4) is 0 Å². The summed E-state index contributed by atoms with van der Waals surface area (Å²) in [4.78, 5) is 10.6. The third-order valence-corrected chi connectivity index (χ3v) is 5.14. The van der Waals surface area contributed by atoms with Crippen LogP contribution in [0.15, 0.2) is 65.8 Å². The van der Waals surface area contributed by atoms with Crippen LogP contribution in [0.2, 0.25) is 0 Å². The van der Waals surface area contributed by atoms with Crippen LogP contribution >= 0.6 is 0 Å². The predicted octanol–water partition coefficient (Wildman–Crippen LogP) is 2.84. The van der Waals surface area contributed by atoms with E-state index in [-0.39, 0.29) is 10.6 Å². The second-order valence-electron chi connectivity index (χ2n) is 6.00. The Labute approximate surface area is 156 Å². The topological polar surface area (TPSA) is 107 Å². The van der Waals surface area contributed by atoms with Gasteiger partial charge in [-0.1, -0.05) is 12.1 Å². The molecule has 2 aromatic carbocycles. The van der Waals surface area contributed by atoms with Gasteiger partial charge in [-0.25, -0.2) is 13.1 Å². The number of nitro benzene ring substituents is 1. The Morgan fingerprint density at radius 1 is 1.19 bits per heavy atom. The van der Waals surface area contributed by atoms with E-state index in [2.05, 4.69) is 10.4 Å². The van der Waals surface area contributed by atoms with Crippen molar-refractivity contribution in [1.29, 1.82) is 0 Å². The van der Waals surface area contributed by atoms with Crippen LogP contribution < -0.4 is 5.32 Å². The molecular formula is C18H18N4O4S. The molecule has 3 rings (SSSR count). The second-order valence-corrected chi connectivity index (χ2v) is 8.02. The van der Waals surface area contributed by atoms with Crippen LogP contribution in [-0.2, 0) is 16.3 Å². The Hall–Kier alpha value is -3.20. The molecule has 0 aliphatic heterocycles. The van der Waals surface area contributed by atoms with Crippen molar-refractivity contribution < 1.29 is 13.3 Å².